The Labute approximate surface area is 151 Å². The lowest BCUT2D eigenvalue weighted by Gasteiger charge is -2.24. The normalized spacial score (nSPS) is 17.4. The average Bonchev–Trinajstić information content (AvgIpc) is 3.07. The fraction of sp³-hybridized carbons (Fsp3) is 0.471. The standard InChI is InChI=1S/C17H22O3S3/c1-3-14(18)20-16(12-17-21-10-11-22-17)23-15(4-2)19-13-8-6-5-7-9-13/h3,5-9,15-17H,1,4,10-12H2,2H3. The summed E-state index contributed by atoms with van der Waals surface area (Å²) < 4.78 is 12.0. The first-order valence-corrected chi connectivity index (χ1v) is 10.7. The number of hydrogen-bond acceptors (Lipinski definition) is 6. The number of thioether (sulfide) groups is 3. The van der Waals surface area contributed by atoms with Gasteiger partial charge in [0, 0.05) is 24.0 Å². The van der Waals surface area contributed by atoms with Crippen LogP contribution in [0, 0.1) is 0 Å². The Bertz CT molecular complexity index is 489. The minimum atomic E-state index is -0.370. The van der Waals surface area contributed by atoms with Crippen molar-refractivity contribution in [2.24, 2.45) is 0 Å². The number of para-hydroxylation sites is 1. The predicted octanol–water partition coefficient (Wildman–Crippen LogP) is 4.79. The largest absolute Gasteiger partial charge is 0.480 e. The van der Waals surface area contributed by atoms with E-state index in [1.54, 1.807) is 11.8 Å². The van der Waals surface area contributed by atoms with Crippen LogP contribution in [0.5, 0.6) is 5.75 Å². The first kappa shape index (κ1) is 18.6. The maximum absolute atomic E-state index is 11.6. The monoisotopic (exact) mass is 370 g/mol. The zero-order valence-electron chi connectivity index (χ0n) is 13.2. The number of carbonyl (C=O) groups excluding carboxylic acids is 1. The van der Waals surface area contributed by atoms with Crippen molar-refractivity contribution in [1.82, 2.24) is 0 Å². The van der Waals surface area contributed by atoms with E-state index in [0.29, 0.717) is 4.58 Å². The van der Waals surface area contributed by atoms with E-state index in [0.717, 1.165) is 18.6 Å². The molecule has 0 saturated carbocycles. The highest BCUT2D eigenvalue weighted by Gasteiger charge is 2.26. The van der Waals surface area contributed by atoms with Crippen LogP contribution >= 0.6 is 35.3 Å². The minimum Gasteiger partial charge on any atom is -0.480 e. The van der Waals surface area contributed by atoms with Gasteiger partial charge < -0.3 is 9.47 Å². The van der Waals surface area contributed by atoms with Gasteiger partial charge in [0.25, 0.3) is 0 Å². The molecule has 2 unspecified atom stereocenters. The Morgan fingerprint density at radius 3 is 2.65 bits per heavy atom. The van der Waals surface area contributed by atoms with E-state index in [1.165, 1.54) is 17.6 Å². The van der Waals surface area contributed by atoms with Crippen LogP contribution in [0.15, 0.2) is 43.0 Å². The molecule has 1 heterocycles. The summed E-state index contributed by atoms with van der Waals surface area (Å²) in [5.41, 5.74) is -0.256. The first-order valence-electron chi connectivity index (χ1n) is 7.64. The van der Waals surface area contributed by atoms with E-state index in [9.17, 15) is 4.79 Å². The summed E-state index contributed by atoms with van der Waals surface area (Å²) in [6.45, 7) is 5.56. The van der Waals surface area contributed by atoms with Crippen LogP contribution in [0.1, 0.15) is 19.8 Å². The van der Waals surface area contributed by atoms with Crippen LogP contribution in [0.2, 0.25) is 0 Å². The second-order valence-electron chi connectivity index (χ2n) is 4.88. The summed E-state index contributed by atoms with van der Waals surface area (Å²) in [5, 5.41) is 0. The SMILES string of the molecule is C=CC(=O)OC(CC1SCCS1)SC(CC)Oc1ccccc1. The highest BCUT2D eigenvalue weighted by Crippen LogP contribution is 2.38. The van der Waals surface area contributed by atoms with E-state index in [-0.39, 0.29) is 16.8 Å². The third kappa shape index (κ3) is 6.73. The van der Waals surface area contributed by atoms with Crippen molar-refractivity contribution in [3.63, 3.8) is 0 Å². The van der Waals surface area contributed by atoms with E-state index >= 15 is 0 Å². The Kier molecular flexibility index (Phi) is 8.26. The molecule has 0 aromatic heterocycles. The van der Waals surface area contributed by atoms with Gasteiger partial charge in [-0.15, -0.1) is 23.5 Å². The lowest BCUT2D eigenvalue weighted by Crippen LogP contribution is -2.23. The van der Waals surface area contributed by atoms with Gasteiger partial charge in [-0.1, -0.05) is 43.5 Å². The molecule has 1 aliphatic heterocycles. The van der Waals surface area contributed by atoms with Crippen LogP contribution in [-0.4, -0.2) is 32.9 Å². The number of rotatable bonds is 9. The van der Waals surface area contributed by atoms with Gasteiger partial charge in [-0.2, -0.15) is 0 Å². The van der Waals surface area contributed by atoms with Crippen molar-refractivity contribution < 1.29 is 14.3 Å². The predicted molar refractivity (Wildman–Crippen MR) is 102 cm³/mol. The summed E-state index contributed by atoms with van der Waals surface area (Å²) >= 11 is 5.45. The molecule has 1 aromatic carbocycles. The van der Waals surface area contributed by atoms with Crippen molar-refractivity contribution in [2.45, 2.75) is 35.2 Å². The molecular weight excluding hydrogens is 348 g/mol. The van der Waals surface area contributed by atoms with Crippen LogP contribution < -0.4 is 4.74 Å². The number of benzene rings is 1. The molecular formula is C17H22O3S3. The lowest BCUT2D eigenvalue weighted by atomic mass is 10.3. The molecule has 3 nitrogen and oxygen atoms in total. The first-order chi connectivity index (χ1) is 11.2. The third-order valence-corrected chi connectivity index (χ3v) is 7.55. The molecule has 1 fully saturated rings. The zero-order valence-corrected chi connectivity index (χ0v) is 15.6. The van der Waals surface area contributed by atoms with Crippen molar-refractivity contribution >= 4 is 41.3 Å². The molecule has 0 amide bonds. The Hall–Kier alpha value is -0.720. The fourth-order valence-corrected chi connectivity index (χ4v) is 6.31. The van der Waals surface area contributed by atoms with Crippen LogP contribution in [0.3, 0.4) is 0 Å². The molecule has 0 radical (unpaired) electrons. The Morgan fingerprint density at radius 2 is 2.04 bits per heavy atom. The van der Waals surface area contributed by atoms with Crippen LogP contribution in [0.25, 0.3) is 0 Å². The molecule has 2 atom stereocenters. The molecule has 0 bridgehead atoms. The van der Waals surface area contributed by atoms with Gasteiger partial charge in [0.15, 0.2) is 5.44 Å². The summed E-state index contributed by atoms with van der Waals surface area (Å²) in [7, 11) is 0. The number of esters is 1. The van der Waals surface area contributed by atoms with Crippen molar-refractivity contribution in [3.05, 3.63) is 43.0 Å². The minimum absolute atomic E-state index is 0.0450. The van der Waals surface area contributed by atoms with Gasteiger partial charge in [-0.25, -0.2) is 4.79 Å². The zero-order chi connectivity index (χ0) is 16.5. The number of ether oxygens (including phenoxy) is 2. The summed E-state index contributed by atoms with van der Waals surface area (Å²) in [4.78, 5) is 11.6. The van der Waals surface area contributed by atoms with Gasteiger partial charge in [-0.05, 0) is 18.6 Å². The fourth-order valence-electron chi connectivity index (χ4n) is 2.04. The molecule has 0 aliphatic carbocycles. The number of hydrogen-bond donors (Lipinski definition) is 0. The molecule has 1 saturated heterocycles. The Balaban J connectivity index is 1.94. The van der Waals surface area contributed by atoms with Gasteiger partial charge in [0.1, 0.15) is 11.2 Å². The molecule has 0 N–H and O–H groups in total. The van der Waals surface area contributed by atoms with Crippen LogP contribution in [0.4, 0.5) is 0 Å². The van der Waals surface area contributed by atoms with Gasteiger partial charge in [0.2, 0.25) is 0 Å². The van der Waals surface area contributed by atoms with Crippen LogP contribution in [-0.2, 0) is 9.53 Å². The van der Waals surface area contributed by atoms with E-state index in [4.69, 9.17) is 9.47 Å². The quantitative estimate of drug-likeness (QED) is 0.353. The highest BCUT2D eigenvalue weighted by molar-refractivity contribution is 8.20. The van der Waals surface area contributed by atoms with E-state index in [1.807, 2.05) is 53.9 Å². The van der Waals surface area contributed by atoms with Gasteiger partial charge >= 0.3 is 5.97 Å². The second kappa shape index (κ2) is 10.2. The van der Waals surface area contributed by atoms with Crippen molar-refractivity contribution in [1.29, 1.82) is 0 Å². The molecule has 1 aromatic rings. The van der Waals surface area contributed by atoms with Gasteiger partial charge in [0.05, 0.1) is 4.58 Å². The highest BCUT2D eigenvalue weighted by atomic mass is 32.2. The lowest BCUT2D eigenvalue weighted by molar-refractivity contribution is -0.139. The summed E-state index contributed by atoms with van der Waals surface area (Å²) in [6.07, 6.45) is 2.89. The van der Waals surface area contributed by atoms with Crippen molar-refractivity contribution in [2.75, 3.05) is 11.5 Å². The summed E-state index contributed by atoms with van der Waals surface area (Å²) in [6, 6.07) is 9.75. The molecule has 23 heavy (non-hydrogen) atoms. The summed E-state index contributed by atoms with van der Waals surface area (Å²) in [5.74, 6) is 2.80. The maximum atomic E-state index is 11.6. The molecule has 1 aliphatic rings. The average molecular weight is 371 g/mol. The smallest absolute Gasteiger partial charge is 0.331 e. The molecule has 6 heteroatoms. The van der Waals surface area contributed by atoms with Gasteiger partial charge in [-0.3, -0.25) is 0 Å². The van der Waals surface area contributed by atoms with Crippen molar-refractivity contribution in [3.8, 4) is 5.75 Å². The maximum Gasteiger partial charge on any atom is 0.331 e. The molecule has 0 spiro atoms. The van der Waals surface area contributed by atoms with E-state index < -0.39 is 0 Å². The number of carbonyl (C=O) groups is 1. The molecule has 126 valence electrons. The topological polar surface area (TPSA) is 35.5 Å². The second-order valence-corrected chi connectivity index (χ2v) is 9.13. The Morgan fingerprint density at radius 1 is 1.35 bits per heavy atom. The third-order valence-electron chi connectivity index (χ3n) is 3.14. The molecule has 2 rings (SSSR count). The van der Waals surface area contributed by atoms with E-state index in [2.05, 4.69) is 13.5 Å².